The van der Waals surface area contributed by atoms with Gasteiger partial charge in [0.25, 0.3) is 0 Å². The summed E-state index contributed by atoms with van der Waals surface area (Å²) in [5.74, 6) is 2.17. The fraction of sp³-hybridized carbons (Fsp3) is 0.238. The van der Waals surface area contributed by atoms with Crippen LogP contribution < -0.4 is 18.9 Å². The molecular weight excluding hydrogens is 346 g/mol. The second-order valence-electron chi connectivity index (χ2n) is 5.91. The fourth-order valence-electron chi connectivity index (χ4n) is 3.00. The number of carbonyl (C=O) groups excluding carboxylic acids is 1. The van der Waals surface area contributed by atoms with Gasteiger partial charge in [-0.15, -0.1) is 0 Å². The largest absolute Gasteiger partial charge is 0.497 e. The Kier molecular flexibility index (Phi) is 5.16. The number of ketones is 1. The van der Waals surface area contributed by atoms with Crippen LogP contribution in [0.2, 0.25) is 0 Å². The van der Waals surface area contributed by atoms with Crippen LogP contribution in [-0.4, -0.2) is 39.2 Å². The summed E-state index contributed by atoms with van der Waals surface area (Å²) in [4.78, 5) is 17.0. The van der Waals surface area contributed by atoms with Gasteiger partial charge in [-0.2, -0.15) is 0 Å². The number of nitrogens with zero attached hydrogens (tertiary/aromatic N) is 1. The first-order valence-corrected chi connectivity index (χ1v) is 8.32. The predicted molar refractivity (Wildman–Crippen MR) is 103 cm³/mol. The standard InChI is InChI=1S/C21H21NO5/c1-12(23)15-11-18(22-17-7-6-14(24-2)10-16(15)17)13-8-19(25-3)21(27-5)20(9-13)26-4/h6-11H,1-5H3. The minimum atomic E-state index is -0.0515. The first-order chi connectivity index (χ1) is 13.0. The normalized spacial score (nSPS) is 10.6. The van der Waals surface area contributed by atoms with E-state index >= 15 is 0 Å². The Morgan fingerprint density at radius 1 is 0.852 bits per heavy atom. The monoisotopic (exact) mass is 367 g/mol. The molecule has 3 aromatic rings. The van der Waals surface area contributed by atoms with Gasteiger partial charge < -0.3 is 18.9 Å². The summed E-state index contributed by atoms with van der Waals surface area (Å²) in [6.45, 7) is 1.53. The van der Waals surface area contributed by atoms with Gasteiger partial charge in [0.05, 0.1) is 39.6 Å². The molecule has 140 valence electrons. The zero-order valence-electron chi connectivity index (χ0n) is 16.0. The second kappa shape index (κ2) is 7.53. The SMILES string of the molecule is COc1ccc2nc(-c3cc(OC)c(OC)c(OC)c3)cc(C(C)=O)c2c1. The molecule has 0 fully saturated rings. The molecule has 3 rings (SSSR count). The molecule has 0 unspecified atom stereocenters. The molecule has 0 atom stereocenters. The van der Waals surface area contributed by atoms with E-state index in [4.69, 9.17) is 23.9 Å². The van der Waals surface area contributed by atoms with E-state index in [9.17, 15) is 4.79 Å². The van der Waals surface area contributed by atoms with E-state index in [1.54, 1.807) is 34.5 Å². The van der Waals surface area contributed by atoms with Gasteiger partial charge in [0.1, 0.15) is 5.75 Å². The summed E-state index contributed by atoms with van der Waals surface area (Å²) in [6.07, 6.45) is 0. The Morgan fingerprint density at radius 3 is 2.04 bits per heavy atom. The molecular formula is C21H21NO5. The predicted octanol–water partition coefficient (Wildman–Crippen LogP) is 4.14. The van der Waals surface area contributed by atoms with Crippen molar-refractivity contribution in [1.29, 1.82) is 0 Å². The van der Waals surface area contributed by atoms with Gasteiger partial charge in [0.15, 0.2) is 17.3 Å². The van der Waals surface area contributed by atoms with Crippen LogP contribution in [0.25, 0.3) is 22.2 Å². The lowest BCUT2D eigenvalue weighted by Crippen LogP contribution is -2.00. The van der Waals surface area contributed by atoms with Crippen LogP contribution in [0.4, 0.5) is 0 Å². The quantitative estimate of drug-likeness (QED) is 0.610. The maximum atomic E-state index is 12.3. The molecule has 6 heteroatoms. The molecule has 0 bridgehead atoms. The average molecular weight is 367 g/mol. The number of aromatic nitrogens is 1. The smallest absolute Gasteiger partial charge is 0.203 e. The van der Waals surface area contributed by atoms with Crippen molar-refractivity contribution in [3.05, 3.63) is 42.0 Å². The highest BCUT2D eigenvalue weighted by Gasteiger charge is 2.17. The van der Waals surface area contributed by atoms with Crippen molar-refractivity contribution < 1.29 is 23.7 Å². The van der Waals surface area contributed by atoms with E-state index in [1.165, 1.54) is 6.92 Å². The topological polar surface area (TPSA) is 66.9 Å². The maximum absolute atomic E-state index is 12.3. The number of rotatable bonds is 6. The van der Waals surface area contributed by atoms with Gasteiger partial charge in [-0.3, -0.25) is 4.79 Å². The Hall–Kier alpha value is -3.28. The number of pyridine rings is 1. The number of carbonyl (C=O) groups is 1. The Labute approximate surface area is 157 Å². The highest BCUT2D eigenvalue weighted by Crippen LogP contribution is 2.41. The summed E-state index contributed by atoms with van der Waals surface area (Å²) in [6, 6.07) is 10.9. The van der Waals surface area contributed by atoms with E-state index in [0.29, 0.717) is 39.8 Å². The highest BCUT2D eigenvalue weighted by atomic mass is 16.5. The van der Waals surface area contributed by atoms with Crippen molar-refractivity contribution in [2.45, 2.75) is 6.92 Å². The molecule has 2 aromatic carbocycles. The average Bonchev–Trinajstić information content (AvgIpc) is 2.70. The summed E-state index contributed by atoms with van der Waals surface area (Å²) in [5, 5.41) is 0.748. The van der Waals surface area contributed by atoms with Crippen LogP contribution in [0.3, 0.4) is 0 Å². The van der Waals surface area contributed by atoms with Gasteiger partial charge in [0.2, 0.25) is 5.75 Å². The Bertz CT molecular complexity index is 988. The molecule has 1 heterocycles. The second-order valence-corrected chi connectivity index (χ2v) is 5.91. The van der Waals surface area contributed by atoms with E-state index in [2.05, 4.69) is 0 Å². The number of fused-ring (bicyclic) bond motifs is 1. The van der Waals surface area contributed by atoms with Crippen molar-refractivity contribution in [2.24, 2.45) is 0 Å². The zero-order chi connectivity index (χ0) is 19.6. The van der Waals surface area contributed by atoms with Gasteiger partial charge in [-0.05, 0) is 43.3 Å². The first kappa shape index (κ1) is 18.5. The third-order valence-corrected chi connectivity index (χ3v) is 4.36. The number of benzene rings is 2. The van der Waals surface area contributed by atoms with Crippen LogP contribution in [0.15, 0.2) is 36.4 Å². The van der Waals surface area contributed by atoms with Crippen LogP contribution >= 0.6 is 0 Å². The Balaban J connectivity index is 2.27. The maximum Gasteiger partial charge on any atom is 0.203 e. The molecule has 0 aliphatic heterocycles. The molecule has 27 heavy (non-hydrogen) atoms. The Morgan fingerprint density at radius 2 is 1.52 bits per heavy atom. The van der Waals surface area contributed by atoms with Gasteiger partial charge >= 0.3 is 0 Å². The minimum Gasteiger partial charge on any atom is -0.497 e. The zero-order valence-corrected chi connectivity index (χ0v) is 16.0. The van der Waals surface area contributed by atoms with Crippen molar-refractivity contribution in [1.82, 2.24) is 4.98 Å². The third kappa shape index (κ3) is 3.38. The molecule has 6 nitrogen and oxygen atoms in total. The van der Waals surface area contributed by atoms with Crippen LogP contribution in [0, 0.1) is 0 Å². The lowest BCUT2D eigenvalue weighted by molar-refractivity contribution is 0.101. The molecule has 0 spiro atoms. The van der Waals surface area contributed by atoms with E-state index in [1.807, 2.05) is 30.3 Å². The summed E-state index contributed by atoms with van der Waals surface area (Å²) in [7, 11) is 6.26. The fourth-order valence-corrected chi connectivity index (χ4v) is 3.00. The van der Waals surface area contributed by atoms with Crippen LogP contribution in [0.5, 0.6) is 23.0 Å². The lowest BCUT2D eigenvalue weighted by atomic mass is 10.0. The molecule has 0 radical (unpaired) electrons. The number of ether oxygens (including phenoxy) is 4. The summed E-state index contributed by atoms with van der Waals surface area (Å²) in [5.41, 5.74) is 2.66. The van der Waals surface area contributed by atoms with Crippen molar-refractivity contribution in [3.8, 4) is 34.3 Å². The minimum absolute atomic E-state index is 0.0515. The van der Waals surface area contributed by atoms with Crippen LogP contribution in [-0.2, 0) is 0 Å². The summed E-state index contributed by atoms with van der Waals surface area (Å²) < 4.78 is 21.5. The summed E-state index contributed by atoms with van der Waals surface area (Å²) >= 11 is 0. The molecule has 0 saturated carbocycles. The molecule has 0 saturated heterocycles. The van der Waals surface area contributed by atoms with E-state index in [0.717, 1.165) is 10.9 Å². The van der Waals surface area contributed by atoms with Crippen molar-refractivity contribution >= 4 is 16.7 Å². The molecule has 1 aromatic heterocycles. The van der Waals surface area contributed by atoms with Crippen LogP contribution in [0.1, 0.15) is 17.3 Å². The number of hydrogen-bond donors (Lipinski definition) is 0. The van der Waals surface area contributed by atoms with Gasteiger partial charge in [0, 0.05) is 16.5 Å². The van der Waals surface area contributed by atoms with Crippen molar-refractivity contribution in [3.63, 3.8) is 0 Å². The number of Topliss-reactive ketones (excluding diaryl/α,β-unsaturated/α-hetero) is 1. The van der Waals surface area contributed by atoms with Gasteiger partial charge in [-0.25, -0.2) is 4.98 Å². The highest BCUT2D eigenvalue weighted by molar-refractivity contribution is 6.07. The van der Waals surface area contributed by atoms with E-state index < -0.39 is 0 Å². The molecule has 0 amide bonds. The number of methoxy groups -OCH3 is 4. The molecule has 0 N–H and O–H groups in total. The van der Waals surface area contributed by atoms with E-state index in [-0.39, 0.29) is 5.78 Å². The van der Waals surface area contributed by atoms with Crippen molar-refractivity contribution in [2.75, 3.05) is 28.4 Å². The molecule has 0 aliphatic carbocycles. The number of hydrogen-bond acceptors (Lipinski definition) is 6. The lowest BCUT2D eigenvalue weighted by Gasteiger charge is -2.15. The first-order valence-electron chi connectivity index (χ1n) is 8.32. The third-order valence-electron chi connectivity index (χ3n) is 4.36. The molecule has 0 aliphatic rings. The van der Waals surface area contributed by atoms with Gasteiger partial charge in [-0.1, -0.05) is 0 Å².